The SMILES string of the molecule is O=C(Nc1cc(C(=O)N2CCNCC2)ccc1N1CCCN(C(=O)C2CCC2)CC1)c1cccc(F)c1. The molecule has 1 aliphatic carbocycles. The lowest BCUT2D eigenvalue weighted by atomic mass is 9.84. The standard InChI is InChI=1S/C28H34FN5O3/c29-23-7-2-6-21(18-23)26(35)31-24-19-22(28(37)34-14-10-30-11-15-34)8-9-25(24)32-12-3-13-33(17-16-32)27(36)20-4-1-5-20/h2,6-9,18-20,30H,1,3-5,10-17H2,(H,31,35). The van der Waals surface area contributed by atoms with E-state index < -0.39 is 11.7 Å². The van der Waals surface area contributed by atoms with Crippen molar-refractivity contribution in [1.29, 1.82) is 0 Å². The van der Waals surface area contributed by atoms with Crippen molar-refractivity contribution in [2.45, 2.75) is 25.7 Å². The first-order chi connectivity index (χ1) is 18.0. The average molecular weight is 508 g/mol. The van der Waals surface area contributed by atoms with Crippen molar-refractivity contribution in [2.24, 2.45) is 5.92 Å². The van der Waals surface area contributed by atoms with Crippen LogP contribution in [0.15, 0.2) is 42.5 Å². The Morgan fingerprint density at radius 1 is 0.838 bits per heavy atom. The molecule has 2 aliphatic heterocycles. The van der Waals surface area contributed by atoms with Crippen LogP contribution in [0.1, 0.15) is 46.4 Å². The number of hydrogen-bond donors (Lipinski definition) is 2. The number of nitrogens with one attached hydrogen (secondary N) is 2. The number of benzene rings is 2. The van der Waals surface area contributed by atoms with E-state index in [1.54, 1.807) is 23.1 Å². The van der Waals surface area contributed by atoms with E-state index >= 15 is 0 Å². The predicted molar refractivity (Wildman–Crippen MR) is 140 cm³/mol. The molecule has 0 spiro atoms. The summed E-state index contributed by atoms with van der Waals surface area (Å²) in [6.07, 6.45) is 3.91. The van der Waals surface area contributed by atoms with Gasteiger partial charge in [0.05, 0.1) is 11.4 Å². The summed E-state index contributed by atoms with van der Waals surface area (Å²) < 4.78 is 13.8. The number of piperazine rings is 1. The molecule has 3 fully saturated rings. The Balaban J connectivity index is 1.39. The minimum absolute atomic E-state index is 0.0811. The Bertz CT molecular complexity index is 1160. The van der Waals surface area contributed by atoms with Gasteiger partial charge >= 0.3 is 0 Å². The lowest BCUT2D eigenvalue weighted by molar-refractivity contribution is -0.137. The van der Waals surface area contributed by atoms with Gasteiger partial charge in [0.1, 0.15) is 5.82 Å². The third-order valence-corrected chi connectivity index (χ3v) is 7.59. The second-order valence-electron chi connectivity index (χ2n) is 10.0. The van der Waals surface area contributed by atoms with Gasteiger partial charge in [-0.1, -0.05) is 12.5 Å². The molecule has 9 heteroatoms. The smallest absolute Gasteiger partial charge is 0.255 e. The van der Waals surface area contributed by atoms with E-state index in [4.69, 9.17) is 0 Å². The van der Waals surface area contributed by atoms with Crippen LogP contribution in [0.4, 0.5) is 15.8 Å². The highest BCUT2D eigenvalue weighted by molar-refractivity contribution is 6.07. The second-order valence-corrected chi connectivity index (χ2v) is 10.0. The van der Waals surface area contributed by atoms with Gasteiger partial charge in [-0.05, 0) is 55.7 Å². The highest BCUT2D eigenvalue weighted by atomic mass is 19.1. The van der Waals surface area contributed by atoms with Crippen LogP contribution in [-0.2, 0) is 4.79 Å². The number of nitrogens with zero attached hydrogens (tertiary/aromatic N) is 3. The maximum absolute atomic E-state index is 13.8. The van der Waals surface area contributed by atoms with Gasteiger partial charge in [-0.25, -0.2) is 4.39 Å². The van der Waals surface area contributed by atoms with Gasteiger partial charge in [0, 0.05) is 69.4 Å². The third kappa shape index (κ3) is 5.77. The molecule has 0 radical (unpaired) electrons. The number of halogens is 1. The van der Waals surface area contributed by atoms with E-state index in [9.17, 15) is 18.8 Å². The summed E-state index contributed by atoms with van der Waals surface area (Å²) in [6, 6.07) is 10.9. The Hall–Kier alpha value is -3.46. The molecule has 2 aromatic carbocycles. The summed E-state index contributed by atoms with van der Waals surface area (Å²) in [5, 5.41) is 6.18. The summed E-state index contributed by atoms with van der Waals surface area (Å²) in [5.41, 5.74) is 2.00. The molecule has 2 aromatic rings. The van der Waals surface area contributed by atoms with Crippen molar-refractivity contribution in [1.82, 2.24) is 15.1 Å². The van der Waals surface area contributed by atoms with Crippen LogP contribution >= 0.6 is 0 Å². The maximum atomic E-state index is 13.8. The zero-order chi connectivity index (χ0) is 25.8. The largest absolute Gasteiger partial charge is 0.368 e. The second kappa shape index (κ2) is 11.3. The van der Waals surface area contributed by atoms with Crippen LogP contribution in [-0.4, -0.2) is 79.9 Å². The molecule has 0 unspecified atom stereocenters. The molecule has 8 nitrogen and oxygen atoms in total. The molecule has 1 saturated carbocycles. The number of carbonyl (C=O) groups is 3. The first-order valence-corrected chi connectivity index (χ1v) is 13.2. The van der Waals surface area contributed by atoms with Crippen molar-refractivity contribution in [2.75, 3.05) is 62.6 Å². The molecular formula is C28H34FN5O3. The molecule has 2 saturated heterocycles. The summed E-state index contributed by atoms with van der Waals surface area (Å²) in [5.74, 6) is -0.585. The van der Waals surface area contributed by atoms with Crippen LogP contribution in [0.2, 0.25) is 0 Å². The molecule has 37 heavy (non-hydrogen) atoms. The number of rotatable bonds is 5. The van der Waals surface area contributed by atoms with E-state index in [-0.39, 0.29) is 23.3 Å². The highest BCUT2D eigenvalue weighted by Gasteiger charge is 2.31. The Kier molecular flexibility index (Phi) is 7.69. The molecular weight excluding hydrogens is 473 g/mol. The zero-order valence-corrected chi connectivity index (χ0v) is 21.0. The van der Waals surface area contributed by atoms with E-state index in [0.29, 0.717) is 37.4 Å². The number of anilines is 2. The molecule has 196 valence electrons. The topological polar surface area (TPSA) is 85.0 Å². The Morgan fingerprint density at radius 3 is 2.38 bits per heavy atom. The first-order valence-electron chi connectivity index (χ1n) is 13.2. The van der Waals surface area contributed by atoms with Gasteiger partial charge in [-0.3, -0.25) is 14.4 Å². The predicted octanol–water partition coefficient (Wildman–Crippen LogP) is 2.96. The molecule has 5 rings (SSSR count). The van der Waals surface area contributed by atoms with Gasteiger partial charge in [-0.2, -0.15) is 0 Å². The fourth-order valence-corrected chi connectivity index (χ4v) is 5.21. The molecule has 3 amide bonds. The minimum Gasteiger partial charge on any atom is -0.368 e. The lowest BCUT2D eigenvalue weighted by Gasteiger charge is -2.31. The van der Waals surface area contributed by atoms with Crippen molar-refractivity contribution < 1.29 is 18.8 Å². The highest BCUT2D eigenvalue weighted by Crippen LogP contribution is 2.31. The van der Waals surface area contributed by atoms with Crippen LogP contribution in [0.5, 0.6) is 0 Å². The van der Waals surface area contributed by atoms with Crippen LogP contribution < -0.4 is 15.5 Å². The Morgan fingerprint density at radius 2 is 1.65 bits per heavy atom. The maximum Gasteiger partial charge on any atom is 0.255 e. The summed E-state index contributed by atoms with van der Waals surface area (Å²) in [4.78, 5) is 45.0. The van der Waals surface area contributed by atoms with Crippen molar-refractivity contribution in [3.8, 4) is 0 Å². The molecule has 2 N–H and O–H groups in total. The first kappa shape index (κ1) is 25.2. The van der Waals surface area contributed by atoms with E-state index in [0.717, 1.165) is 57.5 Å². The van der Waals surface area contributed by atoms with Crippen LogP contribution in [0.3, 0.4) is 0 Å². The molecule has 0 aromatic heterocycles. The summed E-state index contributed by atoms with van der Waals surface area (Å²) in [6.45, 7) is 5.44. The number of carbonyl (C=O) groups excluding carboxylic acids is 3. The van der Waals surface area contributed by atoms with Gasteiger partial charge in [0.25, 0.3) is 11.8 Å². The monoisotopic (exact) mass is 507 g/mol. The molecule has 2 heterocycles. The van der Waals surface area contributed by atoms with Gasteiger partial charge < -0.3 is 25.3 Å². The quantitative estimate of drug-likeness (QED) is 0.650. The Labute approximate surface area is 216 Å². The summed E-state index contributed by atoms with van der Waals surface area (Å²) in [7, 11) is 0. The zero-order valence-electron chi connectivity index (χ0n) is 21.0. The fraction of sp³-hybridized carbons (Fsp3) is 0.464. The van der Waals surface area contributed by atoms with Crippen molar-refractivity contribution in [3.05, 3.63) is 59.4 Å². The van der Waals surface area contributed by atoms with Gasteiger partial charge in [0.2, 0.25) is 5.91 Å². The fourth-order valence-electron chi connectivity index (χ4n) is 5.21. The molecule has 3 aliphatic rings. The molecule has 0 atom stereocenters. The van der Waals surface area contributed by atoms with E-state index in [1.165, 1.54) is 18.2 Å². The van der Waals surface area contributed by atoms with Gasteiger partial charge in [-0.15, -0.1) is 0 Å². The normalized spacial score (nSPS) is 18.7. The minimum atomic E-state index is -0.487. The van der Waals surface area contributed by atoms with E-state index in [2.05, 4.69) is 15.5 Å². The average Bonchev–Trinajstić information content (AvgIpc) is 3.14. The number of hydrogen-bond acceptors (Lipinski definition) is 5. The third-order valence-electron chi connectivity index (χ3n) is 7.59. The van der Waals surface area contributed by atoms with Crippen LogP contribution in [0.25, 0.3) is 0 Å². The number of amides is 3. The molecule has 0 bridgehead atoms. The van der Waals surface area contributed by atoms with Crippen molar-refractivity contribution >= 4 is 29.1 Å². The van der Waals surface area contributed by atoms with Gasteiger partial charge in [0.15, 0.2) is 0 Å². The summed E-state index contributed by atoms with van der Waals surface area (Å²) >= 11 is 0. The van der Waals surface area contributed by atoms with Crippen LogP contribution in [0, 0.1) is 11.7 Å². The lowest BCUT2D eigenvalue weighted by Crippen LogP contribution is -2.46. The van der Waals surface area contributed by atoms with E-state index in [1.807, 2.05) is 11.0 Å². The van der Waals surface area contributed by atoms with Crippen molar-refractivity contribution in [3.63, 3.8) is 0 Å².